The Morgan fingerprint density at radius 2 is 1.71 bits per heavy atom. The molecule has 0 atom stereocenters. The molecule has 0 aliphatic rings. The van der Waals surface area contributed by atoms with Gasteiger partial charge < -0.3 is 20.1 Å². The second kappa shape index (κ2) is 10.5. The van der Waals surface area contributed by atoms with Crippen LogP contribution < -0.4 is 20.1 Å². The minimum Gasteiger partial charge on any atom is -0.493 e. The molecular formula is C23H27ClN4O2S. The van der Waals surface area contributed by atoms with Crippen molar-refractivity contribution in [1.82, 2.24) is 15.1 Å². The molecule has 3 aromatic rings. The first-order valence-electron chi connectivity index (χ1n) is 9.95. The fourth-order valence-corrected chi connectivity index (χ4v) is 3.64. The van der Waals surface area contributed by atoms with Crippen molar-refractivity contribution in [2.75, 3.05) is 26.1 Å². The van der Waals surface area contributed by atoms with Crippen LogP contribution in [0.5, 0.6) is 11.5 Å². The number of nitrogens with zero attached hydrogens (tertiary/aromatic N) is 2. The average Bonchev–Trinajstić information content (AvgIpc) is 3.02. The Bertz CT molecular complexity index is 1050. The number of nitrogens with one attached hydrogen (secondary N) is 2. The number of rotatable bonds is 8. The number of halogens is 1. The van der Waals surface area contributed by atoms with Crippen LogP contribution in [-0.4, -0.2) is 35.7 Å². The van der Waals surface area contributed by atoms with Crippen molar-refractivity contribution in [3.63, 3.8) is 0 Å². The second-order valence-electron chi connectivity index (χ2n) is 7.15. The molecule has 164 valence electrons. The predicted molar refractivity (Wildman–Crippen MR) is 130 cm³/mol. The monoisotopic (exact) mass is 458 g/mol. The Kier molecular flexibility index (Phi) is 7.76. The van der Waals surface area contributed by atoms with E-state index in [9.17, 15) is 0 Å². The van der Waals surface area contributed by atoms with E-state index < -0.39 is 0 Å². The van der Waals surface area contributed by atoms with E-state index in [-0.39, 0.29) is 0 Å². The fourth-order valence-electron chi connectivity index (χ4n) is 3.31. The number of ether oxygens (including phenoxy) is 2. The maximum atomic E-state index is 5.98. The summed E-state index contributed by atoms with van der Waals surface area (Å²) >= 11 is 11.5. The van der Waals surface area contributed by atoms with E-state index in [1.54, 1.807) is 14.2 Å². The van der Waals surface area contributed by atoms with Gasteiger partial charge in [0.15, 0.2) is 16.6 Å². The van der Waals surface area contributed by atoms with Crippen LogP contribution >= 0.6 is 23.8 Å². The number of aromatic nitrogens is 2. The van der Waals surface area contributed by atoms with Crippen molar-refractivity contribution in [1.29, 1.82) is 0 Å². The van der Waals surface area contributed by atoms with Crippen LogP contribution in [0.2, 0.25) is 5.02 Å². The van der Waals surface area contributed by atoms with E-state index in [0.29, 0.717) is 18.2 Å². The number of anilines is 1. The standard InChI is InChI=1S/C23H27ClN4O2S/c1-15-22(16(2)28(27-15)14-18-5-8-19(24)9-6-18)26-23(31)25-12-11-17-7-10-20(29-3)21(13-17)30-4/h5-10,13H,11-12,14H2,1-4H3,(H2,25,26,31). The fraction of sp³-hybridized carbons (Fsp3) is 0.304. The van der Waals surface area contributed by atoms with Gasteiger partial charge in [0.1, 0.15) is 0 Å². The van der Waals surface area contributed by atoms with Crippen LogP contribution in [0, 0.1) is 13.8 Å². The highest BCUT2D eigenvalue weighted by molar-refractivity contribution is 7.80. The van der Waals surface area contributed by atoms with Gasteiger partial charge in [0.25, 0.3) is 0 Å². The highest BCUT2D eigenvalue weighted by Gasteiger charge is 2.13. The molecule has 0 aliphatic carbocycles. The summed E-state index contributed by atoms with van der Waals surface area (Å²) in [5, 5.41) is 12.5. The molecule has 1 aromatic heterocycles. The summed E-state index contributed by atoms with van der Waals surface area (Å²) in [6, 6.07) is 13.7. The Morgan fingerprint density at radius 3 is 2.39 bits per heavy atom. The smallest absolute Gasteiger partial charge is 0.170 e. The molecule has 0 amide bonds. The van der Waals surface area contributed by atoms with Crippen LogP contribution in [0.3, 0.4) is 0 Å². The predicted octanol–water partition coefficient (Wildman–Crippen LogP) is 4.75. The van der Waals surface area contributed by atoms with E-state index in [2.05, 4.69) is 15.7 Å². The molecule has 31 heavy (non-hydrogen) atoms. The van der Waals surface area contributed by atoms with Gasteiger partial charge in [-0.3, -0.25) is 4.68 Å². The summed E-state index contributed by atoms with van der Waals surface area (Å²) in [5.41, 5.74) is 5.12. The molecular weight excluding hydrogens is 432 g/mol. The topological polar surface area (TPSA) is 60.3 Å². The third-order valence-electron chi connectivity index (χ3n) is 5.01. The van der Waals surface area contributed by atoms with E-state index >= 15 is 0 Å². The molecule has 0 saturated heterocycles. The van der Waals surface area contributed by atoms with Crippen LogP contribution in [0.15, 0.2) is 42.5 Å². The lowest BCUT2D eigenvalue weighted by molar-refractivity contribution is 0.354. The van der Waals surface area contributed by atoms with Crippen LogP contribution in [-0.2, 0) is 13.0 Å². The molecule has 0 saturated carbocycles. The maximum Gasteiger partial charge on any atom is 0.170 e. The molecule has 2 N–H and O–H groups in total. The van der Waals surface area contributed by atoms with E-state index in [1.165, 1.54) is 0 Å². The molecule has 8 heteroatoms. The number of aryl methyl sites for hydroxylation is 1. The van der Waals surface area contributed by atoms with Gasteiger partial charge >= 0.3 is 0 Å². The summed E-state index contributed by atoms with van der Waals surface area (Å²) in [4.78, 5) is 0. The molecule has 3 rings (SSSR count). The molecule has 0 aliphatic heterocycles. The van der Waals surface area contributed by atoms with Gasteiger partial charge in [0, 0.05) is 11.6 Å². The van der Waals surface area contributed by atoms with Gasteiger partial charge in [0.2, 0.25) is 0 Å². The zero-order valence-corrected chi connectivity index (χ0v) is 19.7. The summed E-state index contributed by atoms with van der Waals surface area (Å²) in [7, 11) is 3.27. The van der Waals surface area contributed by atoms with Crippen LogP contribution in [0.1, 0.15) is 22.5 Å². The van der Waals surface area contributed by atoms with Gasteiger partial charge in [-0.25, -0.2) is 0 Å². The molecule has 0 unspecified atom stereocenters. The van der Waals surface area contributed by atoms with Gasteiger partial charge in [-0.05, 0) is 67.9 Å². The van der Waals surface area contributed by atoms with Gasteiger partial charge in [0.05, 0.1) is 37.8 Å². The largest absolute Gasteiger partial charge is 0.493 e. The molecule has 0 radical (unpaired) electrons. The van der Waals surface area contributed by atoms with Crippen molar-refractivity contribution in [2.45, 2.75) is 26.8 Å². The lowest BCUT2D eigenvalue weighted by Gasteiger charge is -2.12. The lowest BCUT2D eigenvalue weighted by Crippen LogP contribution is -2.30. The molecule has 0 spiro atoms. The first-order chi connectivity index (χ1) is 14.9. The highest BCUT2D eigenvalue weighted by atomic mass is 35.5. The molecule has 6 nitrogen and oxygen atoms in total. The minimum atomic E-state index is 0.567. The molecule has 0 fully saturated rings. The van der Waals surface area contributed by atoms with Crippen molar-refractivity contribution in [2.24, 2.45) is 0 Å². The third-order valence-corrected chi connectivity index (χ3v) is 5.51. The summed E-state index contributed by atoms with van der Waals surface area (Å²) in [5.74, 6) is 1.44. The van der Waals surface area contributed by atoms with Crippen LogP contribution in [0.25, 0.3) is 0 Å². The number of benzene rings is 2. The Labute approximate surface area is 193 Å². The lowest BCUT2D eigenvalue weighted by atomic mass is 10.1. The van der Waals surface area contributed by atoms with Gasteiger partial charge in [-0.2, -0.15) is 5.10 Å². The highest BCUT2D eigenvalue weighted by Crippen LogP contribution is 2.27. The van der Waals surface area contributed by atoms with E-state index in [0.717, 1.165) is 51.1 Å². The summed E-state index contributed by atoms with van der Waals surface area (Å²) in [6.07, 6.45) is 0.802. The maximum absolute atomic E-state index is 5.98. The number of methoxy groups -OCH3 is 2. The van der Waals surface area contributed by atoms with Crippen molar-refractivity contribution >= 4 is 34.6 Å². The van der Waals surface area contributed by atoms with Gasteiger partial charge in [-0.15, -0.1) is 0 Å². The molecule has 0 bridgehead atoms. The minimum absolute atomic E-state index is 0.567. The Hall–Kier alpha value is -2.77. The first-order valence-corrected chi connectivity index (χ1v) is 10.7. The third kappa shape index (κ3) is 5.89. The average molecular weight is 459 g/mol. The molecule has 1 heterocycles. The second-order valence-corrected chi connectivity index (χ2v) is 7.99. The number of thiocarbonyl (C=S) groups is 1. The Balaban J connectivity index is 1.57. The van der Waals surface area contributed by atoms with Crippen LogP contribution in [0.4, 0.5) is 5.69 Å². The van der Waals surface area contributed by atoms with Crippen molar-refractivity contribution < 1.29 is 9.47 Å². The normalized spacial score (nSPS) is 10.6. The summed E-state index contributed by atoms with van der Waals surface area (Å²) in [6.45, 7) is 5.37. The zero-order chi connectivity index (χ0) is 22.4. The first kappa shape index (κ1) is 22.9. The molecule has 2 aromatic carbocycles. The number of hydrogen-bond acceptors (Lipinski definition) is 4. The Morgan fingerprint density at radius 1 is 1.03 bits per heavy atom. The van der Waals surface area contributed by atoms with E-state index in [1.807, 2.05) is 61.0 Å². The zero-order valence-electron chi connectivity index (χ0n) is 18.2. The van der Waals surface area contributed by atoms with Gasteiger partial charge in [-0.1, -0.05) is 29.8 Å². The van der Waals surface area contributed by atoms with E-state index in [4.69, 9.17) is 33.3 Å². The van der Waals surface area contributed by atoms with Crippen molar-refractivity contribution in [3.8, 4) is 11.5 Å². The quantitative estimate of drug-likeness (QED) is 0.475. The van der Waals surface area contributed by atoms with Crippen molar-refractivity contribution in [3.05, 3.63) is 70.0 Å². The summed E-state index contributed by atoms with van der Waals surface area (Å²) < 4.78 is 12.6. The number of hydrogen-bond donors (Lipinski definition) is 2. The SMILES string of the molecule is COc1ccc(CCNC(=S)Nc2c(C)nn(Cc3ccc(Cl)cc3)c2C)cc1OC.